The maximum absolute atomic E-state index is 12.5. The first-order chi connectivity index (χ1) is 18.9. The molecule has 12 nitrogen and oxygen atoms in total. The summed E-state index contributed by atoms with van der Waals surface area (Å²) in [6, 6.07) is 18.9. The first-order valence-corrected chi connectivity index (χ1v) is 12.4. The van der Waals surface area contributed by atoms with Gasteiger partial charge >= 0.3 is 0 Å². The Kier molecular flexibility index (Phi) is 8.74. The van der Waals surface area contributed by atoms with Crippen LogP contribution in [-0.4, -0.2) is 58.9 Å². The summed E-state index contributed by atoms with van der Waals surface area (Å²) in [6.45, 7) is 0. The van der Waals surface area contributed by atoms with Gasteiger partial charge in [0.1, 0.15) is 0 Å². The van der Waals surface area contributed by atoms with Gasteiger partial charge in [0.25, 0.3) is 11.6 Å². The highest BCUT2D eigenvalue weighted by Crippen LogP contribution is 2.41. The lowest BCUT2D eigenvalue weighted by Crippen LogP contribution is -2.20. The number of aromatic nitrogens is 3. The predicted octanol–water partition coefficient (Wildman–Crippen LogP) is 4.11. The highest BCUT2D eigenvalue weighted by Gasteiger charge is 2.21. The summed E-state index contributed by atoms with van der Waals surface area (Å²) in [5, 5.41) is 24.0. The average molecular weight is 549 g/mol. The lowest BCUT2D eigenvalue weighted by Gasteiger charge is -2.15. The number of non-ortho nitro benzene ring substituents is 1. The molecule has 0 bridgehead atoms. The highest BCUT2D eigenvalue weighted by molar-refractivity contribution is 7.99. The first kappa shape index (κ1) is 27.1. The molecule has 0 radical (unpaired) electrons. The molecule has 39 heavy (non-hydrogen) atoms. The van der Waals surface area contributed by atoms with Gasteiger partial charge in [0.15, 0.2) is 22.5 Å². The van der Waals surface area contributed by atoms with Crippen molar-refractivity contribution in [2.45, 2.75) is 5.16 Å². The zero-order valence-electron chi connectivity index (χ0n) is 21.2. The molecule has 1 N–H and O–H groups in total. The van der Waals surface area contributed by atoms with Crippen molar-refractivity contribution in [1.29, 1.82) is 0 Å². The van der Waals surface area contributed by atoms with Crippen molar-refractivity contribution in [2.75, 3.05) is 27.1 Å². The van der Waals surface area contributed by atoms with E-state index >= 15 is 0 Å². The summed E-state index contributed by atoms with van der Waals surface area (Å²) in [7, 11) is 4.59. The van der Waals surface area contributed by atoms with Crippen LogP contribution in [0.15, 0.2) is 77.0 Å². The second-order valence-corrected chi connectivity index (χ2v) is 8.77. The Morgan fingerprint density at radius 2 is 1.74 bits per heavy atom. The van der Waals surface area contributed by atoms with E-state index in [1.807, 2.05) is 34.9 Å². The quantitative estimate of drug-likeness (QED) is 0.127. The number of hydrogen-bond donors (Lipinski definition) is 1. The van der Waals surface area contributed by atoms with Gasteiger partial charge in [-0.2, -0.15) is 5.10 Å². The number of hydrogen-bond acceptors (Lipinski definition) is 10. The van der Waals surface area contributed by atoms with E-state index in [-0.39, 0.29) is 11.4 Å². The first-order valence-electron chi connectivity index (χ1n) is 11.5. The Morgan fingerprint density at radius 3 is 2.38 bits per heavy atom. The normalized spacial score (nSPS) is 10.8. The number of para-hydroxylation sites is 1. The monoisotopic (exact) mass is 548 g/mol. The number of ether oxygens (including phenoxy) is 3. The third kappa shape index (κ3) is 6.33. The Morgan fingerprint density at radius 1 is 1.03 bits per heavy atom. The van der Waals surface area contributed by atoms with Gasteiger partial charge in [-0.1, -0.05) is 42.1 Å². The highest BCUT2D eigenvalue weighted by atomic mass is 32.2. The Balaban J connectivity index is 1.57. The van der Waals surface area contributed by atoms with Gasteiger partial charge in [-0.15, -0.1) is 10.2 Å². The number of amides is 1. The smallest absolute Gasteiger partial charge is 0.270 e. The summed E-state index contributed by atoms with van der Waals surface area (Å²) in [4.78, 5) is 22.9. The van der Waals surface area contributed by atoms with E-state index in [1.54, 1.807) is 24.3 Å². The van der Waals surface area contributed by atoms with Crippen LogP contribution in [0.1, 0.15) is 5.56 Å². The number of thioether (sulfide) groups is 1. The van der Waals surface area contributed by atoms with Crippen LogP contribution < -0.4 is 19.6 Å². The molecule has 4 rings (SSSR count). The standard InChI is InChI=1S/C26H24N6O6S/c1-36-21-13-18(14-22(37-2)24(21)38-3)25-29-30-26(31(25)19-9-5-4-6-10-19)39-16-23(33)28-27-15-17-8-7-11-20(12-17)32(34)35/h4-15H,16H2,1-3H3,(H,28,33)/b27-15-. The molecule has 0 saturated heterocycles. The van der Waals surface area contributed by atoms with Gasteiger partial charge in [0, 0.05) is 28.9 Å². The van der Waals surface area contributed by atoms with Crippen molar-refractivity contribution < 1.29 is 23.9 Å². The number of carbonyl (C=O) groups excluding carboxylic acids is 1. The van der Waals surface area contributed by atoms with Crippen LogP contribution in [-0.2, 0) is 4.79 Å². The number of rotatable bonds is 11. The van der Waals surface area contributed by atoms with Crippen LogP contribution in [0, 0.1) is 10.1 Å². The van der Waals surface area contributed by atoms with Crippen molar-refractivity contribution in [3.8, 4) is 34.3 Å². The molecule has 0 saturated carbocycles. The van der Waals surface area contributed by atoms with Crippen LogP contribution in [0.2, 0.25) is 0 Å². The second-order valence-electron chi connectivity index (χ2n) is 7.83. The largest absolute Gasteiger partial charge is 0.493 e. The Labute approximate surface area is 227 Å². The topological polar surface area (TPSA) is 143 Å². The summed E-state index contributed by atoms with van der Waals surface area (Å²) in [5.74, 6) is 1.48. The Hall–Kier alpha value is -4.91. The van der Waals surface area contributed by atoms with Crippen molar-refractivity contribution in [3.63, 3.8) is 0 Å². The van der Waals surface area contributed by atoms with Gasteiger partial charge in [-0.05, 0) is 24.3 Å². The number of nitro groups is 1. The molecule has 1 heterocycles. The maximum Gasteiger partial charge on any atom is 0.270 e. The number of nitro benzene ring substituents is 1. The van der Waals surface area contributed by atoms with E-state index in [2.05, 4.69) is 20.7 Å². The van der Waals surface area contributed by atoms with Crippen LogP contribution in [0.25, 0.3) is 17.1 Å². The van der Waals surface area contributed by atoms with Crippen molar-refractivity contribution in [2.24, 2.45) is 5.10 Å². The van der Waals surface area contributed by atoms with Gasteiger partial charge in [-0.3, -0.25) is 19.5 Å². The number of benzene rings is 3. The fourth-order valence-corrected chi connectivity index (χ4v) is 4.37. The Bertz CT molecular complexity index is 1480. The molecule has 0 unspecified atom stereocenters. The lowest BCUT2D eigenvalue weighted by atomic mass is 10.1. The molecule has 3 aromatic carbocycles. The summed E-state index contributed by atoms with van der Waals surface area (Å²) in [6.07, 6.45) is 1.34. The molecule has 0 atom stereocenters. The molecule has 0 fully saturated rings. The minimum atomic E-state index is -0.498. The molecule has 1 amide bonds. The molecular formula is C26H24N6O6S. The fourth-order valence-electron chi connectivity index (χ4n) is 3.63. The maximum atomic E-state index is 12.5. The van der Waals surface area contributed by atoms with Gasteiger partial charge in [-0.25, -0.2) is 5.43 Å². The van der Waals surface area contributed by atoms with Crippen LogP contribution in [0.5, 0.6) is 17.2 Å². The van der Waals surface area contributed by atoms with Crippen molar-refractivity contribution >= 4 is 29.6 Å². The molecule has 0 aliphatic carbocycles. The third-order valence-corrected chi connectivity index (χ3v) is 6.32. The predicted molar refractivity (Wildman–Crippen MR) is 146 cm³/mol. The van der Waals surface area contributed by atoms with Crippen LogP contribution in [0.3, 0.4) is 0 Å². The van der Waals surface area contributed by atoms with E-state index in [0.717, 1.165) is 5.69 Å². The summed E-state index contributed by atoms with van der Waals surface area (Å²) >= 11 is 1.17. The van der Waals surface area contributed by atoms with E-state index < -0.39 is 10.8 Å². The third-order valence-electron chi connectivity index (χ3n) is 5.39. The molecule has 0 spiro atoms. The molecule has 4 aromatic rings. The van der Waals surface area contributed by atoms with Crippen LogP contribution >= 0.6 is 11.8 Å². The van der Waals surface area contributed by atoms with Crippen LogP contribution in [0.4, 0.5) is 5.69 Å². The minimum absolute atomic E-state index is 0.00744. The lowest BCUT2D eigenvalue weighted by molar-refractivity contribution is -0.384. The molecule has 0 aliphatic heterocycles. The molecule has 200 valence electrons. The molecule has 13 heteroatoms. The van der Waals surface area contributed by atoms with Gasteiger partial charge in [0.2, 0.25) is 5.75 Å². The molecular weight excluding hydrogens is 524 g/mol. The van der Waals surface area contributed by atoms with E-state index in [4.69, 9.17) is 14.2 Å². The number of nitrogens with zero attached hydrogens (tertiary/aromatic N) is 5. The number of nitrogens with one attached hydrogen (secondary N) is 1. The number of methoxy groups -OCH3 is 3. The van der Waals surface area contributed by atoms with Crippen molar-refractivity contribution in [1.82, 2.24) is 20.2 Å². The van der Waals surface area contributed by atoms with E-state index in [0.29, 0.717) is 39.4 Å². The summed E-state index contributed by atoms with van der Waals surface area (Å²) in [5.41, 5.74) is 4.30. The fraction of sp³-hybridized carbons (Fsp3) is 0.154. The molecule has 1 aromatic heterocycles. The van der Waals surface area contributed by atoms with E-state index in [9.17, 15) is 14.9 Å². The summed E-state index contributed by atoms with van der Waals surface area (Å²) < 4.78 is 18.2. The zero-order valence-corrected chi connectivity index (χ0v) is 22.0. The van der Waals surface area contributed by atoms with Gasteiger partial charge in [0.05, 0.1) is 38.2 Å². The van der Waals surface area contributed by atoms with Gasteiger partial charge < -0.3 is 14.2 Å². The molecule has 0 aliphatic rings. The van der Waals surface area contributed by atoms with Crippen molar-refractivity contribution in [3.05, 3.63) is 82.4 Å². The second kappa shape index (κ2) is 12.6. The minimum Gasteiger partial charge on any atom is -0.493 e. The number of carbonyl (C=O) groups is 1. The zero-order chi connectivity index (χ0) is 27.8. The SMILES string of the molecule is COc1cc(-c2nnc(SCC(=O)N/N=C\c3cccc([N+](=O)[O-])c3)n2-c2ccccc2)cc(OC)c1OC. The number of hydrazone groups is 1. The van der Waals surface area contributed by atoms with E-state index in [1.165, 1.54) is 51.4 Å². The average Bonchev–Trinajstić information content (AvgIpc) is 3.39.